The molecule has 1 rings (SSSR count). The Hall–Kier alpha value is -0.730. The van der Waals surface area contributed by atoms with Gasteiger partial charge >= 0.3 is 6.09 Å². The first kappa shape index (κ1) is 11.3. The largest absolute Gasteiger partial charge is 0.446 e. The average Bonchev–Trinajstić information content (AvgIpc) is 2.01. The van der Waals surface area contributed by atoms with Gasteiger partial charge in [-0.05, 0) is 30.6 Å². The second-order valence-corrected chi connectivity index (χ2v) is 4.80. The molecule has 0 aromatic heterocycles. The Bertz CT molecular complexity index is 203. The first-order valence-electron chi connectivity index (χ1n) is 5.46. The molecule has 0 radical (unpaired) electrons. The van der Waals surface area contributed by atoms with Gasteiger partial charge in [0.2, 0.25) is 0 Å². The van der Waals surface area contributed by atoms with E-state index in [1.54, 1.807) is 0 Å². The van der Waals surface area contributed by atoms with Crippen molar-refractivity contribution in [2.45, 2.75) is 46.1 Å². The van der Waals surface area contributed by atoms with Gasteiger partial charge in [-0.25, -0.2) is 4.79 Å². The Morgan fingerprint density at radius 2 is 2.07 bits per heavy atom. The molecule has 0 heterocycles. The van der Waals surface area contributed by atoms with Gasteiger partial charge in [0.25, 0.3) is 0 Å². The molecule has 0 aromatic carbocycles. The highest BCUT2D eigenvalue weighted by Gasteiger charge is 2.32. The molecular formula is C11H21NO2. The Morgan fingerprint density at radius 1 is 1.43 bits per heavy atom. The van der Waals surface area contributed by atoms with Crippen molar-refractivity contribution in [3.8, 4) is 0 Å². The first-order chi connectivity index (χ1) is 6.50. The smallest absolute Gasteiger partial charge is 0.404 e. The van der Waals surface area contributed by atoms with E-state index in [2.05, 4.69) is 20.8 Å². The Morgan fingerprint density at radius 3 is 2.57 bits per heavy atom. The molecule has 14 heavy (non-hydrogen) atoms. The van der Waals surface area contributed by atoms with Gasteiger partial charge in [-0.15, -0.1) is 0 Å². The molecule has 3 atom stereocenters. The van der Waals surface area contributed by atoms with Crippen molar-refractivity contribution in [3.05, 3.63) is 0 Å². The fraction of sp³-hybridized carbons (Fsp3) is 0.909. The molecule has 3 heteroatoms. The minimum atomic E-state index is -0.630. The van der Waals surface area contributed by atoms with E-state index < -0.39 is 6.09 Å². The van der Waals surface area contributed by atoms with Gasteiger partial charge in [-0.2, -0.15) is 0 Å². The summed E-state index contributed by atoms with van der Waals surface area (Å²) in [5.41, 5.74) is 5.07. The summed E-state index contributed by atoms with van der Waals surface area (Å²) in [6.07, 6.45) is 2.76. The Labute approximate surface area is 86.0 Å². The van der Waals surface area contributed by atoms with E-state index in [1.165, 1.54) is 6.42 Å². The third-order valence-corrected chi connectivity index (χ3v) is 3.23. The number of carbonyl (C=O) groups is 1. The Kier molecular flexibility index (Phi) is 3.78. The molecule has 0 aliphatic heterocycles. The van der Waals surface area contributed by atoms with Crippen LogP contribution in [0.5, 0.6) is 0 Å². The van der Waals surface area contributed by atoms with Crippen molar-refractivity contribution in [1.29, 1.82) is 0 Å². The van der Waals surface area contributed by atoms with Crippen molar-refractivity contribution in [2.75, 3.05) is 0 Å². The van der Waals surface area contributed by atoms with Gasteiger partial charge < -0.3 is 10.5 Å². The minimum Gasteiger partial charge on any atom is -0.446 e. The summed E-state index contributed by atoms with van der Waals surface area (Å²) < 4.78 is 5.17. The third-order valence-electron chi connectivity index (χ3n) is 3.23. The summed E-state index contributed by atoms with van der Waals surface area (Å²) >= 11 is 0. The molecule has 1 amide bonds. The second kappa shape index (κ2) is 4.67. The maximum atomic E-state index is 10.7. The molecule has 0 saturated heterocycles. The molecule has 82 valence electrons. The van der Waals surface area contributed by atoms with Gasteiger partial charge in [0, 0.05) is 0 Å². The van der Waals surface area contributed by atoms with Crippen LogP contribution in [-0.2, 0) is 4.74 Å². The molecule has 3 nitrogen and oxygen atoms in total. The van der Waals surface area contributed by atoms with Crippen molar-refractivity contribution >= 4 is 6.09 Å². The van der Waals surface area contributed by atoms with E-state index in [1.807, 2.05) is 0 Å². The Balaban J connectivity index is 2.58. The summed E-state index contributed by atoms with van der Waals surface area (Å²) in [7, 11) is 0. The lowest BCUT2D eigenvalue weighted by Crippen LogP contribution is -2.37. The summed E-state index contributed by atoms with van der Waals surface area (Å²) in [5.74, 6) is 1.69. The van der Waals surface area contributed by atoms with Crippen LogP contribution in [-0.4, -0.2) is 12.2 Å². The molecule has 0 spiro atoms. The van der Waals surface area contributed by atoms with E-state index in [9.17, 15) is 4.79 Å². The zero-order valence-corrected chi connectivity index (χ0v) is 9.32. The number of amides is 1. The quantitative estimate of drug-likeness (QED) is 0.743. The average molecular weight is 199 g/mol. The molecular weight excluding hydrogens is 178 g/mol. The highest BCUT2D eigenvalue weighted by atomic mass is 16.6. The molecule has 1 aliphatic rings. The summed E-state index contributed by atoms with van der Waals surface area (Å²) in [4.78, 5) is 10.7. The van der Waals surface area contributed by atoms with Crippen LogP contribution in [0.4, 0.5) is 4.79 Å². The predicted octanol–water partition coefficient (Wildman–Crippen LogP) is 2.54. The zero-order chi connectivity index (χ0) is 10.7. The van der Waals surface area contributed by atoms with Gasteiger partial charge in [0.15, 0.2) is 0 Å². The van der Waals surface area contributed by atoms with Gasteiger partial charge in [-0.3, -0.25) is 0 Å². The summed E-state index contributed by atoms with van der Waals surface area (Å²) in [6.45, 7) is 6.56. The fourth-order valence-electron chi connectivity index (χ4n) is 2.40. The topological polar surface area (TPSA) is 52.3 Å². The first-order valence-corrected chi connectivity index (χ1v) is 5.46. The maximum absolute atomic E-state index is 10.7. The molecule has 2 N–H and O–H groups in total. The molecule has 1 fully saturated rings. The van der Waals surface area contributed by atoms with Crippen LogP contribution in [0.15, 0.2) is 0 Å². The highest BCUT2D eigenvalue weighted by molar-refractivity contribution is 5.64. The standard InChI is InChI=1S/C11H21NO2/c1-7(2)9-5-4-8(3)6-10(9)14-11(12)13/h7-10H,4-6H2,1-3H3,(H2,12,13)/t8-,9+,10?/m1/s1. The molecule has 0 aromatic rings. The highest BCUT2D eigenvalue weighted by Crippen LogP contribution is 2.35. The zero-order valence-electron chi connectivity index (χ0n) is 9.32. The minimum absolute atomic E-state index is 0.0382. The molecule has 1 unspecified atom stereocenters. The van der Waals surface area contributed by atoms with Crippen LogP contribution >= 0.6 is 0 Å². The van der Waals surface area contributed by atoms with Gasteiger partial charge in [-0.1, -0.05) is 27.2 Å². The number of primary amides is 1. The lowest BCUT2D eigenvalue weighted by atomic mass is 9.75. The molecule has 0 bridgehead atoms. The number of hydrogen-bond donors (Lipinski definition) is 1. The molecule has 1 saturated carbocycles. The van der Waals surface area contributed by atoms with E-state index in [4.69, 9.17) is 10.5 Å². The lowest BCUT2D eigenvalue weighted by Gasteiger charge is -2.36. The SMILES string of the molecule is CC(C)[C@@H]1CC[C@@H](C)CC1OC(N)=O. The fourth-order valence-corrected chi connectivity index (χ4v) is 2.40. The van der Waals surface area contributed by atoms with Crippen molar-refractivity contribution < 1.29 is 9.53 Å². The van der Waals surface area contributed by atoms with Crippen LogP contribution in [0.1, 0.15) is 40.0 Å². The number of rotatable bonds is 2. The van der Waals surface area contributed by atoms with Gasteiger partial charge in [0.1, 0.15) is 6.10 Å². The summed E-state index contributed by atoms with van der Waals surface area (Å²) in [5, 5.41) is 0. The molecule has 1 aliphatic carbocycles. The van der Waals surface area contributed by atoms with E-state index >= 15 is 0 Å². The van der Waals surface area contributed by atoms with Gasteiger partial charge in [0.05, 0.1) is 0 Å². The monoisotopic (exact) mass is 199 g/mol. The van der Waals surface area contributed by atoms with Crippen LogP contribution < -0.4 is 5.73 Å². The van der Waals surface area contributed by atoms with Crippen LogP contribution in [0.2, 0.25) is 0 Å². The van der Waals surface area contributed by atoms with E-state index in [0.29, 0.717) is 17.8 Å². The van der Waals surface area contributed by atoms with Crippen LogP contribution in [0.25, 0.3) is 0 Å². The second-order valence-electron chi connectivity index (χ2n) is 4.80. The van der Waals surface area contributed by atoms with Crippen molar-refractivity contribution in [1.82, 2.24) is 0 Å². The number of ether oxygens (including phenoxy) is 1. The van der Waals surface area contributed by atoms with E-state index in [0.717, 1.165) is 12.8 Å². The lowest BCUT2D eigenvalue weighted by molar-refractivity contribution is 0.0105. The van der Waals surface area contributed by atoms with Crippen LogP contribution in [0.3, 0.4) is 0 Å². The number of hydrogen-bond acceptors (Lipinski definition) is 2. The number of carbonyl (C=O) groups excluding carboxylic acids is 1. The predicted molar refractivity (Wildman–Crippen MR) is 55.8 cm³/mol. The van der Waals surface area contributed by atoms with Crippen LogP contribution in [0, 0.1) is 17.8 Å². The summed E-state index contributed by atoms with van der Waals surface area (Å²) in [6, 6.07) is 0. The maximum Gasteiger partial charge on any atom is 0.404 e. The number of nitrogens with two attached hydrogens (primary N) is 1. The van der Waals surface area contributed by atoms with E-state index in [-0.39, 0.29) is 6.10 Å². The third kappa shape index (κ3) is 2.89. The normalized spacial score (nSPS) is 33.0. The van der Waals surface area contributed by atoms with Crippen molar-refractivity contribution in [2.24, 2.45) is 23.5 Å². The van der Waals surface area contributed by atoms with Crippen molar-refractivity contribution in [3.63, 3.8) is 0 Å².